The Labute approximate surface area is 158 Å². The lowest BCUT2D eigenvalue weighted by Gasteiger charge is -2.32. The van der Waals surface area contributed by atoms with Gasteiger partial charge in [-0.05, 0) is 31.4 Å². The largest absolute Gasteiger partial charge is 0.338 e. The minimum absolute atomic E-state index is 0.0654. The molecule has 1 amide bonds. The van der Waals surface area contributed by atoms with E-state index in [-0.39, 0.29) is 11.8 Å². The van der Waals surface area contributed by atoms with Crippen LogP contribution in [0.4, 0.5) is 0 Å². The Hall–Kier alpha value is -2.96. The van der Waals surface area contributed by atoms with Gasteiger partial charge in [0.1, 0.15) is 5.82 Å². The zero-order valence-corrected chi connectivity index (χ0v) is 15.7. The van der Waals surface area contributed by atoms with Gasteiger partial charge >= 0.3 is 0 Å². The summed E-state index contributed by atoms with van der Waals surface area (Å²) in [6.07, 6.45) is 11.3. The number of aryl methyl sites for hydroxylation is 2. The van der Waals surface area contributed by atoms with Gasteiger partial charge in [0.15, 0.2) is 0 Å². The number of likely N-dealkylation sites (tertiary alicyclic amines) is 1. The summed E-state index contributed by atoms with van der Waals surface area (Å²) in [7, 11) is 1.85. The van der Waals surface area contributed by atoms with Crippen molar-refractivity contribution in [3.63, 3.8) is 0 Å². The number of pyridine rings is 1. The summed E-state index contributed by atoms with van der Waals surface area (Å²) in [6, 6.07) is 4.02. The second-order valence-electron chi connectivity index (χ2n) is 7.17. The molecule has 0 bridgehead atoms. The van der Waals surface area contributed by atoms with E-state index in [1.165, 1.54) is 0 Å². The SMILES string of the molecule is Cc1nn(C)cc1C(=O)N1CCC[C@H](c2nccn2Cc2cccnc2)C1. The maximum atomic E-state index is 13.0. The number of carbonyl (C=O) groups excluding carboxylic acids is 1. The standard InChI is InChI=1S/C20H24N6O/c1-15-18(14-24(2)23-15)20(27)26-9-4-6-17(13-26)19-22-8-10-25(19)12-16-5-3-7-21-11-16/h3,5,7-8,10-11,14,17H,4,6,9,12-13H2,1-2H3/t17-/m0/s1. The van der Waals surface area contributed by atoms with Crippen molar-refractivity contribution < 1.29 is 4.79 Å². The van der Waals surface area contributed by atoms with Gasteiger partial charge in [-0.3, -0.25) is 14.5 Å². The summed E-state index contributed by atoms with van der Waals surface area (Å²) in [4.78, 5) is 23.7. The van der Waals surface area contributed by atoms with Crippen molar-refractivity contribution in [2.45, 2.75) is 32.2 Å². The smallest absolute Gasteiger partial charge is 0.257 e. The van der Waals surface area contributed by atoms with Crippen LogP contribution in [-0.2, 0) is 13.6 Å². The molecule has 0 aliphatic carbocycles. The quantitative estimate of drug-likeness (QED) is 0.713. The van der Waals surface area contributed by atoms with Crippen LogP contribution in [-0.4, -0.2) is 48.2 Å². The third-order valence-electron chi connectivity index (χ3n) is 5.14. The fraction of sp³-hybridized carbons (Fsp3) is 0.400. The van der Waals surface area contributed by atoms with Gasteiger partial charge in [-0.25, -0.2) is 4.98 Å². The van der Waals surface area contributed by atoms with E-state index in [0.29, 0.717) is 12.1 Å². The first-order valence-electron chi connectivity index (χ1n) is 9.31. The van der Waals surface area contributed by atoms with Gasteiger partial charge in [0.05, 0.1) is 17.8 Å². The van der Waals surface area contributed by atoms with Crippen molar-refractivity contribution in [2.24, 2.45) is 7.05 Å². The number of hydrogen-bond acceptors (Lipinski definition) is 4. The fourth-order valence-corrected chi connectivity index (χ4v) is 3.85. The first kappa shape index (κ1) is 17.5. The molecule has 3 aromatic rings. The molecular formula is C20H24N6O. The molecule has 140 valence electrons. The number of imidazole rings is 1. The average Bonchev–Trinajstić information content (AvgIpc) is 3.28. The molecule has 0 radical (unpaired) electrons. The van der Waals surface area contributed by atoms with E-state index in [4.69, 9.17) is 0 Å². The van der Waals surface area contributed by atoms with E-state index >= 15 is 0 Å². The van der Waals surface area contributed by atoms with Crippen molar-refractivity contribution in [1.29, 1.82) is 0 Å². The molecule has 1 fully saturated rings. The number of hydrogen-bond donors (Lipinski definition) is 0. The summed E-state index contributed by atoms with van der Waals surface area (Å²) in [5.74, 6) is 1.35. The molecule has 4 heterocycles. The Bertz CT molecular complexity index is 929. The Kier molecular flexibility index (Phi) is 4.75. The molecule has 3 aromatic heterocycles. The molecule has 4 rings (SSSR count). The zero-order valence-electron chi connectivity index (χ0n) is 15.7. The Balaban J connectivity index is 1.51. The van der Waals surface area contributed by atoms with E-state index in [1.807, 2.05) is 49.7 Å². The minimum atomic E-state index is 0.0654. The van der Waals surface area contributed by atoms with Crippen LogP contribution in [0.15, 0.2) is 43.1 Å². The zero-order chi connectivity index (χ0) is 18.8. The van der Waals surface area contributed by atoms with Gasteiger partial charge in [0, 0.05) is 57.0 Å². The second kappa shape index (κ2) is 7.34. The molecule has 7 heteroatoms. The lowest BCUT2D eigenvalue weighted by Crippen LogP contribution is -2.40. The van der Waals surface area contributed by atoms with Crippen LogP contribution < -0.4 is 0 Å². The molecule has 27 heavy (non-hydrogen) atoms. The number of carbonyl (C=O) groups is 1. The molecule has 0 unspecified atom stereocenters. The molecule has 0 aromatic carbocycles. The number of piperidine rings is 1. The van der Waals surface area contributed by atoms with Crippen LogP contribution >= 0.6 is 0 Å². The van der Waals surface area contributed by atoms with E-state index in [0.717, 1.165) is 43.0 Å². The first-order chi connectivity index (χ1) is 13.1. The monoisotopic (exact) mass is 364 g/mol. The van der Waals surface area contributed by atoms with Crippen molar-refractivity contribution in [3.05, 3.63) is 65.8 Å². The molecule has 1 aliphatic heterocycles. The molecular weight excluding hydrogens is 340 g/mol. The number of nitrogens with zero attached hydrogens (tertiary/aromatic N) is 6. The van der Waals surface area contributed by atoms with Crippen LogP contribution in [0.1, 0.15) is 46.2 Å². The highest BCUT2D eigenvalue weighted by Crippen LogP contribution is 2.27. The summed E-state index contributed by atoms with van der Waals surface area (Å²) in [5, 5.41) is 4.30. The topological polar surface area (TPSA) is 68.8 Å². The summed E-state index contributed by atoms with van der Waals surface area (Å²) < 4.78 is 3.87. The lowest BCUT2D eigenvalue weighted by atomic mass is 9.96. The summed E-state index contributed by atoms with van der Waals surface area (Å²) in [5.41, 5.74) is 2.62. The number of rotatable bonds is 4. The van der Waals surface area contributed by atoms with Crippen molar-refractivity contribution in [1.82, 2.24) is 29.2 Å². The summed E-state index contributed by atoms with van der Waals surface area (Å²) in [6.45, 7) is 4.11. The molecule has 1 aliphatic rings. The van der Waals surface area contributed by atoms with E-state index in [9.17, 15) is 4.79 Å². The van der Waals surface area contributed by atoms with Crippen LogP contribution in [0.3, 0.4) is 0 Å². The Morgan fingerprint density at radius 1 is 1.33 bits per heavy atom. The number of amides is 1. The normalized spacial score (nSPS) is 17.3. The predicted octanol–water partition coefficient (Wildman–Crippen LogP) is 2.39. The van der Waals surface area contributed by atoms with Crippen molar-refractivity contribution in [3.8, 4) is 0 Å². The lowest BCUT2D eigenvalue weighted by molar-refractivity contribution is 0.0702. The molecule has 1 atom stereocenters. The molecule has 0 spiro atoms. The van der Waals surface area contributed by atoms with Gasteiger partial charge in [-0.15, -0.1) is 0 Å². The third kappa shape index (κ3) is 3.63. The average molecular weight is 364 g/mol. The highest BCUT2D eigenvalue weighted by atomic mass is 16.2. The Morgan fingerprint density at radius 2 is 2.22 bits per heavy atom. The first-order valence-corrected chi connectivity index (χ1v) is 9.31. The highest BCUT2D eigenvalue weighted by molar-refractivity contribution is 5.95. The van der Waals surface area contributed by atoms with Gasteiger partial charge < -0.3 is 9.47 Å². The van der Waals surface area contributed by atoms with Gasteiger partial charge in [-0.2, -0.15) is 5.10 Å². The van der Waals surface area contributed by atoms with E-state index in [1.54, 1.807) is 10.9 Å². The third-order valence-corrected chi connectivity index (χ3v) is 5.14. The number of aromatic nitrogens is 5. The summed E-state index contributed by atoms with van der Waals surface area (Å²) >= 11 is 0. The van der Waals surface area contributed by atoms with E-state index < -0.39 is 0 Å². The highest BCUT2D eigenvalue weighted by Gasteiger charge is 2.29. The molecule has 1 saturated heterocycles. The van der Waals surface area contributed by atoms with Crippen molar-refractivity contribution in [2.75, 3.05) is 13.1 Å². The maximum absolute atomic E-state index is 13.0. The van der Waals surface area contributed by atoms with Crippen LogP contribution in [0, 0.1) is 6.92 Å². The van der Waals surface area contributed by atoms with Crippen LogP contribution in [0.2, 0.25) is 0 Å². The molecule has 0 N–H and O–H groups in total. The van der Waals surface area contributed by atoms with Crippen molar-refractivity contribution >= 4 is 5.91 Å². The van der Waals surface area contributed by atoms with Crippen LogP contribution in [0.5, 0.6) is 0 Å². The van der Waals surface area contributed by atoms with Gasteiger partial charge in [-0.1, -0.05) is 6.07 Å². The van der Waals surface area contributed by atoms with Gasteiger partial charge in [0.2, 0.25) is 0 Å². The Morgan fingerprint density at radius 3 is 2.96 bits per heavy atom. The second-order valence-corrected chi connectivity index (χ2v) is 7.17. The minimum Gasteiger partial charge on any atom is -0.338 e. The van der Waals surface area contributed by atoms with E-state index in [2.05, 4.69) is 25.7 Å². The maximum Gasteiger partial charge on any atom is 0.257 e. The molecule has 7 nitrogen and oxygen atoms in total. The van der Waals surface area contributed by atoms with Crippen LogP contribution in [0.25, 0.3) is 0 Å². The predicted molar refractivity (Wildman–Crippen MR) is 101 cm³/mol. The fourth-order valence-electron chi connectivity index (χ4n) is 3.85. The molecule has 0 saturated carbocycles. The van der Waals surface area contributed by atoms with Gasteiger partial charge in [0.25, 0.3) is 5.91 Å².